The fourth-order valence-electron chi connectivity index (χ4n) is 2.79. The summed E-state index contributed by atoms with van der Waals surface area (Å²) in [5.74, 6) is -0.142. The van der Waals surface area contributed by atoms with Gasteiger partial charge in [0.25, 0.3) is 5.91 Å². The Morgan fingerprint density at radius 2 is 1.96 bits per heavy atom. The summed E-state index contributed by atoms with van der Waals surface area (Å²) in [5.41, 5.74) is 1.21. The Morgan fingerprint density at radius 1 is 1.15 bits per heavy atom. The second-order valence-corrected chi connectivity index (χ2v) is 7.81. The highest BCUT2D eigenvalue weighted by Crippen LogP contribution is 2.14. The molecule has 1 fully saturated rings. The first-order chi connectivity index (χ1) is 12.6. The van der Waals surface area contributed by atoms with Crippen LogP contribution in [0.5, 0.6) is 0 Å². The van der Waals surface area contributed by atoms with Gasteiger partial charge in [-0.15, -0.1) is 0 Å². The number of hydrogen-bond donors (Lipinski definition) is 2. The number of nitrogens with one attached hydrogen (secondary N) is 2. The van der Waals surface area contributed by atoms with E-state index in [1.54, 1.807) is 23.2 Å². The standard InChI is InChI=1S/C18H22N4O3S/c23-18(22-12-10-19-11-13-22)15-4-3-6-17(14-15)26(24,25)21-9-7-16-5-1-2-8-20-16/h1-6,8,14,19,21H,7,9-13H2. The third-order valence-electron chi connectivity index (χ3n) is 4.19. The van der Waals surface area contributed by atoms with Crippen LogP contribution in [0.25, 0.3) is 0 Å². The van der Waals surface area contributed by atoms with Crippen molar-refractivity contribution in [2.75, 3.05) is 32.7 Å². The molecule has 0 bridgehead atoms. The average Bonchev–Trinajstić information content (AvgIpc) is 2.69. The summed E-state index contributed by atoms with van der Waals surface area (Å²) in [7, 11) is -3.68. The van der Waals surface area contributed by atoms with Crippen molar-refractivity contribution in [3.63, 3.8) is 0 Å². The van der Waals surface area contributed by atoms with Crippen LogP contribution >= 0.6 is 0 Å². The summed E-state index contributed by atoms with van der Waals surface area (Å²) in [6, 6.07) is 11.7. The van der Waals surface area contributed by atoms with Gasteiger partial charge in [-0.25, -0.2) is 13.1 Å². The van der Waals surface area contributed by atoms with E-state index in [9.17, 15) is 13.2 Å². The van der Waals surface area contributed by atoms with Crippen LogP contribution in [0, 0.1) is 0 Å². The van der Waals surface area contributed by atoms with Gasteiger partial charge in [0.2, 0.25) is 10.0 Å². The number of piperazine rings is 1. The van der Waals surface area contributed by atoms with Gasteiger partial charge in [0.15, 0.2) is 0 Å². The molecule has 1 aromatic carbocycles. The molecule has 0 unspecified atom stereocenters. The van der Waals surface area contributed by atoms with Crippen LogP contribution in [0.1, 0.15) is 16.1 Å². The molecule has 8 heteroatoms. The van der Waals surface area contributed by atoms with Gasteiger partial charge in [-0.2, -0.15) is 0 Å². The Labute approximate surface area is 153 Å². The number of sulfonamides is 1. The van der Waals surface area contributed by atoms with Crippen molar-refractivity contribution in [3.05, 3.63) is 59.9 Å². The molecule has 138 valence electrons. The van der Waals surface area contributed by atoms with Crippen LogP contribution in [-0.2, 0) is 16.4 Å². The van der Waals surface area contributed by atoms with Gasteiger partial charge in [0, 0.05) is 56.6 Å². The predicted octanol–water partition coefficient (Wildman–Crippen LogP) is 0.648. The van der Waals surface area contributed by atoms with Gasteiger partial charge in [0.1, 0.15) is 0 Å². The number of pyridine rings is 1. The van der Waals surface area contributed by atoms with Crippen molar-refractivity contribution in [3.8, 4) is 0 Å². The molecule has 1 aromatic heterocycles. The highest BCUT2D eigenvalue weighted by Gasteiger charge is 2.20. The third kappa shape index (κ3) is 4.66. The quantitative estimate of drug-likeness (QED) is 0.775. The smallest absolute Gasteiger partial charge is 0.253 e. The molecule has 1 amide bonds. The first-order valence-corrected chi connectivity index (χ1v) is 10.0. The minimum atomic E-state index is -3.68. The Bertz CT molecular complexity index is 850. The van der Waals surface area contributed by atoms with Crippen molar-refractivity contribution in [1.82, 2.24) is 19.9 Å². The van der Waals surface area contributed by atoms with E-state index in [-0.39, 0.29) is 17.3 Å². The van der Waals surface area contributed by atoms with E-state index in [2.05, 4.69) is 15.0 Å². The van der Waals surface area contributed by atoms with Crippen LogP contribution in [-0.4, -0.2) is 56.9 Å². The van der Waals surface area contributed by atoms with E-state index in [1.165, 1.54) is 12.1 Å². The lowest BCUT2D eigenvalue weighted by molar-refractivity contribution is 0.0735. The molecule has 0 saturated carbocycles. The molecule has 2 heterocycles. The van der Waals surface area contributed by atoms with Gasteiger partial charge < -0.3 is 10.2 Å². The Kier molecular flexibility index (Phi) is 5.97. The molecule has 1 aliphatic heterocycles. The first kappa shape index (κ1) is 18.5. The molecule has 0 aliphatic carbocycles. The Hall–Kier alpha value is -2.29. The molecule has 2 N–H and O–H groups in total. The molecule has 0 atom stereocenters. The largest absolute Gasteiger partial charge is 0.336 e. The number of amides is 1. The van der Waals surface area contributed by atoms with Crippen LogP contribution in [0.2, 0.25) is 0 Å². The molecule has 7 nitrogen and oxygen atoms in total. The molecular weight excluding hydrogens is 352 g/mol. The molecule has 0 spiro atoms. The number of carbonyl (C=O) groups excluding carboxylic acids is 1. The minimum absolute atomic E-state index is 0.0968. The maximum Gasteiger partial charge on any atom is 0.253 e. The van der Waals surface area contributed by atoms with E-state index in [1.807, 2.05) is 18.2 Å². The second kappa shape index (κ2) is 8.39. The maximum atomic E-state index is 12.6. The van der Waals surface area contributed by atoms with Crippen molar-refractivity contribution in [2.45, 2.75) is 11.3 Å². The minimum Gasteiger partial charge on any atom is -0.336 e. The topological polar surface area (TPSA) is 91.4 Å². The lowest BCUT2D eigenvalue weighted by Gasteiger charge is -2.27. The van der Waals surface area contributed by atoms with Crippen molar-refractivity contribution in [2.24, 2.45) is 0 Å². The summed E-state index contributed by atoms with van der Waals surface area (Å²) >= 11 is 0. The molecular formula is C18H22N4O3S. The number of carbonyl (C=O) groups is 1. The van der Waals surface area contributed by atoms with Gasteiger partial charge in [-0.05, 0) is 30.3 Å². The fourth-order valence-corrected chi connectivity index (χ4v) is 3.87. The Morgan fingerprint density at radius 3 is 2.69 bits per heavy atom. The number of benzene rings is 1. The second-order valence-electron chi connectivity index (χ2n) is 6.04. The molecule has 26 heavy (non-hydrogen) atoms. The van der Waals surface area contributed by atoms with Crippen LogP contribution in [0.4, 0.5) is 0 Å². The third-order valence-corrected chi connectivity index (χ3v) is 5.65. The number of nitrogens with zero attached hydrogens (tertiary/aromatic N) is 2. The zero-order chi connectivity index (χ0) is 18.4. The van der Waals surface area contributed by atoms with E-state index < -0.39 is 10.0 Å². The van der Waals surface area contributed by atoms with Crippen LogP contribution in [0.3, 0.4) is 0 Å². The maximum absolute atomic E-state index is 12.6. The summed E-state index contributed by atoms with van der Waals surface area (Å²) in [6.07, 6.45) is 2.18. The summed E-state index contributed by atoms with van der Waals surface area (Å²) in [5, 5.41) is 3.19. The first-order valence-electron chi connectivity index (χ1n) is 8.56. The molecule has 1 aliphatic rings. The van der Waals surface area contributed by atoms with Gasteiger partial charge in [0.05, 0.1) is 4.90 Å². The highest BCUT2D eigenvalue weighted by molar-refractivity contribution is 7.89. The van der Waals surface area contributed by atoms with Gasteiger partial charge in [-0.3, -0.25) is 9.78 Å². The molecule has 0 radical (unpaired) electrons. The van der Waals surface area contributed by atoms with Crippen molar-refractivity contribution in [1.29, 1.82) is 0 Å². The number of aromatic nitrogens is 1. The van der Waals surface area contributed by atoms with Crippen molar-refractivity contribution >= 4 is 15.9 Å². The zero-order valence-corrected chi connectivity index (χ0v) is 15.2. The number of rotatable bonds is 6. The lowest BCUT2D eigenvalue weighted by atomic mass is 10.2. The predicted molar refractivity (Wildman–Crippen MR) is 98.3 cm³/mol. The zero-order valence-electron chi connectivity index (χ0n) is 14.4. The van der Waals surface area contributed by atoms with Crippen LogP contribution < -0.4 is 10.0 Å². The number of hydrogen-bond acceptors (Lipinski definition) is 5. The molecule has 1 saturated heterocycles. The summed E-state index contributed by atoms with van der Waals surface area (Å²) in [6.45, 7) is 2.99. The van der Waals surface area contributed by atoms with E-state index in [0.29, 0.717) is 25.1 Å². The van der Waals surface area contributed by atoms with Crippen LogP contribution in [0.15, 0.2) is 53.6 Å². The highest BCUT2D eigenvalue weighted by atomic mass is 32.2. The Balaban J connectivity index is 1.66. The normalized spacial score (nSPS) is 15.0. The average molecular weight is 374 g/mol. The SMILES string of the molecule is O=C(c1cccc(S(=O)(=O)NCCc2ccccn2)c1)N1CCNCC1. The lowest BCUT2D eigenvalue weighted by Crippen LogP contribution is -2.46. The van der Waals surface area contributed by atoms with E-state index >= 15 is 0 Å². The van der Waals surface area contributed by atoms with E-state index in [0.717, 1.165) is 18.8 Å². The fraction of sp³-hybridized carbons (Fsp3) is 0.333. The summed E-state index contributed by atoms with van der Waals surface area (Å²) < 4.78 is 27.6. The molecule has 2 aromatic rings. The van der Waals surface area contributed by atoms with E-state index in [4.69, 9.17) is 0 Å². The molecule has 3 rings (SSSR count). The van der Waals surface area contributed by atoms with Gasteiger partial charge >= 0.3 is 0 Å². The van der Waals surface area contributed by atoms with Crippen molar-refractivity contribution < 1.29 is 13.2 Å². The van der Waals surface area contributed by atoms with Gasteiger partial charge in [-0.1, -0.05) is 12.1 Å². The monoisotopic (exact) mass is 374 g/mol. The summed E-state index contributed by atoms with van der Waals surface area (Å²) in [4.78, 5) is 18.6.